The van der Waals surface area contributed by atoms with Crippen LogP contribution in [0.25, 0.3) is 0 Å². The van der Waals surface area contributed by atoms with Gasteiger partial charge in [0.1, 0.15) is 11.5 Å². The Morgan fingerprint density at radius 2 is 2.00 bits per heavy atom. The number of furan rings is 1. The third-order valence-corrected chi connectivity index (χ3v) is 4.67. The molecular weight excluding hydrogens is 380 g/mol. The molecule has 1 N–H and O–H groups in total. The van der Waals surface area contributed by atoms with Crippen molar-refractivity contribution in [1.82, 2.24) is 4.90 Å². The highest BCUT2D eigenvalue weighted by Crippen LogP contribution is 2.26. The molecule has 6 heteroatoms. The van der Waals surface area contributed by atoms with E-state index < -0.39 is 0 Å². The molecule has 3 rings (SSSR count). The molecule has 0 saturated heterocycles. The maximum atomic E-state index is 6.14. The van der Waals surface area contributed by atoms with Crippen LogP contribution in [0.3, 0.4) is 0 Å². The van der Waals surface area contributed by atoms with Crippen LogP contribution < -0.4 is 10.1 Å². The van der Waals surface area contributed by atoms with Crippen molar-refractivity contribution in [1.29, 1.82) is 0 Å². The Morgan fingerprint density at radius 1 is 1.15 bits per heavy atom. The molecule has 0 aliphatic rings. The van der Waals surface area contributed by atoms with Crippen molar-refractivity contribution in [2.45, 2.75) is 20.0 Å². The zero-order valence-corrected chi connectivity index (χ0v) is 16.8. The van der Waals surface area contributed by atoms with Gasteiger partial charge in [0.2, 0.25) is 0 Å². The molecule has 0 saturated carbocycles. The molecule has 0 unspecified atom stereocenters. The van der Waals surface area contributed by atoms with Crippen LogP contribution in [0.15, 0.2) is 65.3 Å². The van der Waals surface area contributed by atoms with Gasteiger partial charge in [-0.2, -0.15) is 0 Å². The molecule has 0 bridgehead atoms. The first kappa shape index (κ1) is 19.3. The predicted octanol–water partition coefficient (Wildman–Crippen LogP) is 5.65. The van der Waals surface area contributed by atoms with E-state index in [0.29, 0.717) is 23.2 Å². The highest BCUT2D eigenvalue weighted by atomic mass is 35.5. The second-order valence-electron chi connectivity index (χ2n) is 6.20. The fraction of sp³-hybridized carbons (Fsp3) is 0.190. The predicted molar refractivity (Wildman–Crippen MR) is 113 cm³/mol. The van der Waals surface area contributed by atoms with Gasteiger partial charge in [-0.3, -0.25) is 0 Å². The Kier molecular flexibility index (Phi) is 6.37. The highest BCUT2D eigenvalue weighted by molar-refractivity contribution is 7.80. The standard InChI is InChI=1S/C21H21ClN2O2S/c1-15-8-9-20(25-2)19(11-15)23-21(27)24(14-18-7-4-10-26-18)13-16-5-3-6-17(22)12-16/h3-12H,13-14H2,1-2H3,(H,23,27). The van der Waals surface area contributed by atoms with Crippen molar-refractivity contribution in [3.8, 4) is 5.75 Å². The van der Waals surface area contributed by atoms with Crippen molar-refractivity contribution in [2.24, 2.45) is 0 Å². The molecule has 140 valence electrons. The number of nitrogens with zero attached hydrogens (tertiary/aromatic N) is 1. The molecule has 0 fully saturated rings. The molecule has 0 aliphatic carbocycles. The summed E-state index contributed by atoms with van der Waals surface area (Å²) in [6, 6.07) is 17.5. The molecule has 0 radical (unpaired) electrons. The number of aryl methyl sites for hydroxylation is 1. The molecule has 4 nitrogen and oxygen atoms in total. The van der Waals surface area contributed by atoms with Gasteiger partial charge in [-0.05, 0) is 66.7 Å². The number of rotatable bonds is 6. The van der Waals surface area contributed by atoms with E-state index in [1.54, 1.807) is 13.4 Å². The summed E-state index contributed by atoms with van der Waals surface area (Å²) in [6.45, 7) is 3.17. The maximum absolute atomic E-state index is 6.14. The summed E-state index contributed by atoms with van der Waals surface area (Å²) in [5.74, 6) is 1.57. The van der Waals surface area contributed by atoms with Crippen molar-refractivity contribution < 1.29 is 9.15 Å². The van der Waals surface area contributed by atoms with Crippen LogP contribution in [0.2, 0.25) is 5.02 Å². The number of benzene rings is 2. The lowest BCUT2D eigenvalue weighted by Crippen LogP contribution is -2.33. The molecule has 1 heterocycles. The second kappa shape index (κ2) is 8.93. The van der Waals surface area contributed by atoms with Gasteiger partial charge < -0.3 is 19.4 Å². The third-order valence-electron chi connectivity index (χ3n) is 4.07. The minimum atomic E-state index is 0.541. The minimum absolute atomic E-state index is 0.541. The van der Waals surface area contributed by atoms with Crippen molar-refractivity contribution >= 4 is 34.6 Å². The Morgan fingerprint density at radius 3 is 2.70 bits per heavy atom. The molecule has 0 amide bonds. The number of thiocarbonyl (C=S) groups is 1. The van der Waals surface area contributed by atoms with E-state index in [9.17, 15) is 0 Å². The summed E-state index contributed by atoms with van der Waals surface area (Å²) in [5.41, 5.74) is 3.01. The summed E-state index contributed by atoms with van der Waals surface area (Å²) < 4.78 is 11.0. The van der Waals surface area contributed by atoms with E-state index >= 15 is 0 Å². The van der Waals surface area contributed by atoms with Crippen LogP contribution in [0, 0.1) is 6.92 Å². The number of anilines is 1. The molecule has 0 aliphatic heterocycles. The van der Waals surface area contributed by atoms with E-state index in [4.69, 9.17) is 33.0 Å². The summed E-state index contributed by atoms with van der Waals surface area (Å²) in [4.78, 5) is 2.03. The van der Waals surface area contributed by atoms with Crippen LogP contribution in [0.4, 0.5) is 5.69 Å². The first-order chi connectivity index (χ1) is 13.0. The van der Waals surface area contributed by atoms with Gasteiger partial charge in [-0.25, -0.2) is 0 Å². The minimum Gasteiger partial charge on any atom is -0.495 e. The van der Waals surface area contributed by atoms with Crippen molar-refractivity contribution in [2.75, 3.05) is 12.4 Å². The Balaban J connectivity index is 1.83. The molecule has 2 aromatic carbocycles. The van der Waals surface area contributed by atoms with Gasteiger partial charge in [0, 0.05) is 11.6 Å². The van der Waals surface area contributed by atoms with E-state index in [1.165, 1.54) is 0 Å². The molecule has 0 atom stereocenters. The monoisotopic (exact) mass is 400 g/mol. The topological polar surface area (TPSA) is 37.6 Å². The summed E-state index contributed by atoms with van der Waals surface area (Å²) in [6.07, 6.45) is 1.66. The first-order valence-corrected chi connectivity index (χ1v) is 9.31. The quantitative estimate of drug-likeness (QED) is 0.541. The van der Waals surface area contributed by atoms with Gasteiger partial charge in [0.15, 0.2) is 5.11 Å². The van der Waals surface area contributed by atoms with Gasteiger partial charge in [0.25, 0.3) is 0 Å². The normalized spacial score (nSPS) is 10.5. The van der Waals surface area contributed by atoms with Crippen molar-refractivity contribution in [3.63, 3.8) is 0 Å². The van der Waals surface area contributed by atoms with Crippen LogP contribution in [-0.4, -0.2) is 17.1 Å². The number of hydrogen-bond donors (Lipinski definition) is 1. The summed E-state index contributed by atoms with van der Waals surface area (Å²) >= 11 is 11.8. The highest BCUT2D eigenvalue weighted by Gasteiger charge is 2.15. The fourth-order valence-corrected chi connectivity index (χ4v) is 3.21. The zero-order chi connectivity index (χ0) is 19.2. The number of halogens is 1. The summed E-state index contributed by atoms with van der Waals surface area (Å²) in [5, 5.41) is 4.59. The Bertz CT molecular complexity index is 912. The number of ether oxygens (including phenoxy) is 1. The van der Waals surface area contributed by atoms with E-state index in [2.05, 4.69) is 5.32 Å². The largest absolute Gasteiger partial charge is 0.495 e. The average molecular weight is 401 g/mol. The van der Waals surface area contributed by atoms with E-state index in [-0.39, 0.29) is 0 Å². The first-order valence-electron chi connectivity index (χ1n) is 8.52. The maximum Gasteiger partial charge on any atom is 0.174 e. The smallest absolute Gasteiger partial charge is 0.174 e. The van der Waals surface area contributed by atoms with E-state index in [1.807, 2.05) is 66.4 Å². The molecular formula is C21H21ClN2O2S. The molecule has 0 spiro atoms. The lowest BCUT2D eigenvalue weighted by molar-refractivity contribution is 0.360. The lowest BCUT2D eigenvalue weighted by atomic mass is 10.2. The van der Waals surface area contributed by atoms with Gasteiger partial charge >= 0.3 is 0 Å². The van der Waals surface area contributed by atoms with Gasteiger partial charge in [0.05, 0.1) is 25.6 Å². The second-order valence-corrected chi connectivity index (χ2v) is 7.02. The van der Waals surface area contributed by atoms with Crippen LogP contribution in [-0.2, 0) is 13.1 Å². The lowest BCUT2D eigenvalue weighted by Gasteiger charge is -2.26. The fourth-order valence-electron chi connectivity index (χ4n) is 2.76. The van der Waals surface area contributed by atoms with Crippen LogP contribution >= 0.6 is 23.8 Å². The Labute approximate surface area is 169 Å². The van der Waals surface area contributed by atoms with E-state index in [0.717, 1.165) is 28.3 Å². The number of nitrogens with one attached hydrogen (secondary N) is 1. The molecule has 3 aromatic rings. The van der Waals surface area contributed by atoms with Gasteiger partial charge in [-0.1, -0.05) is 29.8 Å². The van der Waals surface area contributed by atoms with Gasteiger partial charge in [-0.15, -0.1) is 0 Å². The third kappa shape index (κ3) is 5.25. The Hall–Kier alpha value is -2.50. The van der Waals surface area contributed by atoms with Crippen LogP contribution in [0.1, 0.15) is 16.9 Å². The molecule has 1 aromatic heterocycles. The van der Waals surface area contributed by atoms with Crippen molar-refractivity contribution in [3.05, 3.63) is 82.8 Å². The summed E-state index contributed by atoms with van der Waals surface area (Å²) in [7, 11) is 1.64. The number of hydrogen-bond acceptors (Lipinski definition) is 3. The SMILES string of the molecule is COc1ccc(C)cc1NC(=S)N(Cc1cccc(Cl)c1)Cc1ccco1. The number of methoxy groups -OCH3 is 1. The zero-order valence-electron chi connectivity index (χ0n) is 15.2. The average Bonchev–Trinajstić information content (AvgIpc) is 3.14. The molecule has 27 heavy (non-hydrogen) atoms. The van der Waals surface area contributed by atoms with Crippen LogP contribution in [0.5, 0.6) is 5.75 Å².